The van der Waals surface area contributed by atoms with E-state index < -0.39 is 0 Å². The Kier molecular flexibility index (Phi) is 5.18. The van der Waals surface area contributed by atoms with E-state index in [9.17, 15) is 3.89 Å². The number of hydrogen-bond donors (Lipinski definition) is 0. The van der Waals surface area contributed by atoms with Crippen molar-refractivity contribution >= 4 is 12.1 Å². The molecule has 0 amide bonds. The molecule has 2 heteroatoms. The summed E-state index contributed by atoms with van der Waals surface area (Å²) in [7, 11) is 0. The molecule has 0 aliphatic heterocycles. The molecule has 0 aromatic carbocycles. The van der Waals surface area contributed by atoms with Crippen LogP contribution in [-0.2, 0) is 0 Å². The van der Waals surface area contributed by atoms with Gasteiger partial charge in [-0.25, -0.2) is 0 Å². The van der Waals surface area contributed by atoms with E-state index in [1.807, 2.05) is 6.08 Å². The van der Waals surface area contributed by atoms with Crippen LogP contribution >= 0.6 is 12.1 Å². The van der Waals surface area contributed by atoms with E-state index >= 15 is 0 Å². The molecule has 0 fully saturated rings. The zero-order valence-electron chi connectivity index (χ0n) is 5.23. The topological polar surface area (TPSA) is 0 Å². The maximum Gasteiger partial charge on any atom is 0.0729 e. The monoisotopic (exact) mass is 134 g/mol. The summed E-state index contributed by atoms with van der Waals surface area (Å²) in [6, 6.07) is 0. The second kappa shape index (κ2) is 5.16. The van der Waals surface area contributed by atoms with Gasteiger partial charge in [0.15, 0.2) is 0 Å². The van der Waals surface area contributed by atoms with Crippen molar-refractivity contribution in [1.82, 2.24) is 0 Å². The van der Waals surface area contributed by atoms with Crippen molar-refractivity contribution in [1.29, 1.82) is 0 Å². The van der Waals surface area contributed by atoms with E-state index in [2.05, 4.69) is 13.8 Å². The maximum atomic E-state index is 11.3. The van der Waals surface area contributed by atoms with Gasteiger partial charge in [0.05, 0.1) is 12.1 Å². The zero-order chi connectivity index (χ0) is 6.41. The van der Waals surface area contributed by atoms with E-state index in [-0.39, 0.29) is 12.1 Å². The summed E-state index contributed by atoms with van der Waals surface area (Å²) in [6.07, 6.45) is 2.81. The molecular formula is C6H11FS. The van der Waals surface area contributed by atoms with Crippen molar-refractivity contribution < 1.29 is 3.89 Å². The van der Waals surface area contributed by atoms with Gasteiger partial charge in [-0.05, 0) is 12.3 Å². The molecule has 0 spiro atoms. The standard InChI is InChI=1S/C6H11FS/c1-6(2)4-3-5-8-7/h3,5-6H,4H2,1-2H3/b5-3+. The van der Waals surface area contributed by atoms with Crippen LogP contribution in [0.5, 0.6) is 0 Å². The first-order valence-electron chi connectivity index (χ1n) is 2.69. The first kappa shape index (κ1) is 8.02. The van der Waals surface area contributed by atoms with Crippen molar-refractivity contribution in [3.05, 3.63) is 11.5 Å². The lowest BCUT2D eigenvalue weighted by Crippen LogP contribution is -1.79. The molecule has 0 aliphatic rings. The third-order valence-corrected chi connectivity index (χ3v) is 1.05. The van der Waals surface area contributed by atoms with Crippen LogP contribution in [0.15, 0.2) is 11.5 Å². The van der Waals surface area contributed by atoms with Crippen molar-refractivity contribution in [3.63, 3.8) is 0 Å². The molecule has 0 radical (unpaired) electrons. The highest BCUT2D eigenvalue weighted by Gasteiger charge is 1.85. The summed E-state index contributed by atoms with van der Waals surface area (Å²) in [6.45, 7) is 4.21. The van der Waals surface area contributed by atoms with E-state index in [4.69, 9.17) is 0 Å². The van der Waals surface area contributed by atoms with Gasteiger partial charge < -0.3 is 0 Å². The number of allylic oxidation sites excluding steroid dienone is 1. The maximum absolute atomic E-state index is 11.3. The van der Waals surface area contributed by atoms with Gasteiger partial charge in [0, 0.05) is 5.41 Å². The highest BCUT2D eigenvalue weighted by atomic mass is 32.2. The van der Waals surface area contributed by atoms with Crippen LogP contribution in [-0.4, -0.2) is 0 Å². The quantitative estimate of drug-likeness (QED) is 0.571. The lowest BCUT2D eigenvalue weighted by atomic mass is 10.1. The lowest BCUT2D eigenvalue weighted by Gasteiger charge is -1.93. The average Bonchev–Trinajstić information content (AvgIpc) is 1.66. The Morgan fingerprint density at radius 3 is 2.62 bits per heavy atom. The molecule has 0 aliphatic carbocycles. The Balaban J connectivity index is 3.03. The predicted molar refractivity (Wildman–Crippen MR) is 37.3 cm³/mol. The van der Waals surface area contributed by atoms with Crippen LogP contribution in [0.1, 0.15) is 20.3 Å². The molecule has 0 unspecified atom stereocenters. The van der Waals surface area contributed by atoms with Crippen molar-refractivity contribution in [2.75, 3.05) is 0 Å². The molecular weight excluding hydrogens is 123 g/mol. The van der Waals surface area contributed by atoms with Crippen LogP contribution in [0.4, 0.5) is 3.89 Å². The third-order valence-electron chi connectivity index (χ3n) is 0.755. The number of rotatable bonds is 3. The Morgan fingerprint density at radius 2 is 2.25 bits per heavy atom. The smallest absolute Gasteiger partial charge is 0.0729 e. The number of hydrogen-bond acceptors (Lipinski definition) is 1. The molecule has 0 saturated heterocycles. The van der Waals surface area contributed by atoms with E-state index in [1.54, 1.807) is 0 Å². The van der Waals surface area contributed by atoms with Crippen LogP contribution in [0.25, 0.3) is 0 Å². The molecule has 8 heavy (non-hydrogen) atoms. The minimum atomic E-state index is 0.263. The molecule has 0 bridgehead atoms. The van der Waals surface area contributed by atoms with Gasteiger partial charge in [-0.2, -0.15) is 3.89 Å². The average molecular weight is 134 g/mol. The SMILES string of the molecule is CC(C)C/C=C/SF. The van der Waals surface area contributed by atoms with Gasteiger partial charge >= 0.3 is 0 Å². The fourth-order valence-corrected chi connectivity index (χ4v) is 0.548. The fourth-order valence-electron chi connectivity index (χ4n) is 0.364. The molecule has 0 aromatic heterocycles. The second-order valence-electron chi connectivity index (χ2n) is 2.09. The summed E-state index contributed by atoms with van der Waals surface area (Å²) in [5.41, 5.74) is 0. The van der Waals surface area contributed by atoms with Crippen LogP contribution < -0.4 is 0 Å². The first-order valence-corrected chi connectivity index (χ1v) is 3.47. The zero-order valence-corrected chi connectivity index (χ0v) is 6.04. The van der Waals surface area contributed by atoms with E-state index in [0.29, 0.717) is 5.92 Å². The molecule has 0 heterocycles. The number of halogens is 1. The molecule has 0 rings (SSSR count). The van der Waals surface area contributed by atoms with E-state index in [1.165, 1.54) is 5.41 Å². The lowest BCUT2D eigenvalue weighted by molar-refractivity contribution is 0.664. The Morgan fingerprint density at radius 1 is 1.62 bits per heavy atom. The molecule has 0 N–H and O–H groups in total. The summed E-state index contributed by atoms with van der Waals surface area (Å²) in [4.78, 5) is 0. The second-order valence-corrected chi connectivity index (χ2v) is 2.54. The third kappa shape index (κ3) is 6.02. The summed E-state index contributed by atoms with van der Waals surface area (Å²) < 4.78 is 11.3. The predicted octanol–water partition coefficient (Wildman–Crippen LogP) is 3.16. The van der Waals surface area contributed by atoms with Crippen LogP contribution in [0.2, 0.25) is 0 Å². The summed E-state index contributed by atoms with van der Waals surface area (Å²) in [5, 5.41) is 1.47. The largest absolute Gasteiger partial charge is 0.160 e. The van der Waals surface area contributed by atoms with Gasteiger partial charge in [-0.1, -0.05) is 19.9 Å². The van der Waals surface area contributed by atoms with Crippen LogP contribution in [0.3, 0.4) is 0 Å². The Bertz CT molecular complexity index is 68.9. The van der Waals surface area contributed by atoms with Crippen LogP contribution in [0, 0.1) is 5.92 Å². The minimum absolute atomic E-state index is 0.263. The van der Waals surface area contributed by atoms with Crippen molar-refractivity contribution in [3.8, 4) is 0 Å². The highest BCUT2D eigenvalue weighted by Crippen LogP contribution is 2.06. The van der Waals surface area contributed by atoms with Crippen molar-refractivity contribution in [2.24, 2.45) is 5.92 Å². The summed E-state index contributed by atoms with van der Waals surface area (Å²) >= 11 is 0.263. The molecule has 0 aromatic rings. The normalized spacial score (nSPS) is 11.5. The first-order chi connectivity index (χ1) is 3.77. The van der Waals surface area contributed by atoms with Gasteiger partial charge in [-0.15, -0.1) is 0 Å². The van der Waals surface area contributed by atoms with Crippen molar-refractivity contribution in [2.45, 2.75) is 20.3 Å². The molecule has 0 nitrogen and oxygen atoms in total. The fraction of sp³-hybridized carbons (Fsp3) is 0.667. The van der Waals surface area contributed by atoms with Gasteiger partial charge in [0.25, 0.3) is 0 Å². The van der Waals surface area contributed by atoms with Gasteiger partial charge in [-0.3, -0.25) is 0 Å². The molecule has 48 valence electrons. The minimum Gasteiger partial charge on any atom is -0.160 e. The van der Waals surface area contributed by atoms with Gasteiger partial charge in [0.1, 0.15) is 0 Å². The highest BCUT2D eigenvalue weighted by molar-refractivity contribution is 7.97. The molecule has 0 atom stereocenters. The van der Waals surface area contributed by atoms with E-state index in [0.717, 1.165) is 6.42 Å². The summed E-state index contributed by atoms with van der Waals surface area (Å²) in [5.74, 6) is 0.637. The Hall–Kier alpha value is 0.0200. The Labute approximate surface area is 54.5 Å². The van der Waals surface area contributed by atoms with Gasteiger partial charge in [0.2, 0.25) is 0 Å². The molecule has 0 saturated carbocycles.